The fourth-order valence-electron chi connectivity index (χ4n) is 2.39. The summed E-state index contributed by atoms with van der Waals surface area (Å²) < 4.78 is 1.20. The Bertz CT molecular complexity index is 836. The van der Waals surface area contributed by atoms with Crippen LogP contribution in [0.2, 0.25) is 0 Å². The molecule has 0 saturated heterocycles. The van der Waals surface area contributed by atoms with Gasteiger partial charge in [0.25, 0.3) is 0 Å². The minimum absolute atomic E-state index is 0. The molecular weight excluding hydrogens is 491 g/mol. The van der Waals surface area contributed by atoms with Gasteiger partial charge in [-0.05, 0) is 32.9 Å². The highest BCUT2D eigenvalue weighted by molar-refractivity contribution is 14.0. The molecule has 0 radical (unpaired) electrons. The largest absolute Gasteiger partial charge is 0.360 e. The predicted molar refractivity (Wildman–Crippen MR) is 128 cm³/mol. The van der Waals surface area contributed by atoms with Crippen LogP contribution in [0.5, 0.6) is 0 Å². The second-order valence-corrected chi connectivity index (χ2v) is 8.10. The Morgan fingerprint density at radius 3 is 2.59 bits per heavy atom. The molecule has 0 atom stereocenters. The minimum atomic E-state index is 0. The van der Waals surface area contributed by atoms with Gasteiger partial charge in [-0.3, -0.25) is 0 Å². The van der Waals surface area contributed by atoms with E-state index < -0.39 is 0 Å². The van der Waals surface area contributed by atoms with E-state index in [1.54, 1.807) is 22.7 Å². The van der Waals surface area contributed by atoms with Gasteiger partial charge in [-0.1, -0.05) is 23.5 Å². The standard InChI is InChI=1S/C18H24N6S2.HI/c1-4-19-17(22-11-16-23-12(2)13(3)25-16)20-9-10-21-18-24-14-7-5-6-8-15(14)26-18;/h5-8H,4,9-11H2,1-3H3,(H,21,24)(H2,19,20,22);1H. The summed E-state index contributed by atoms with van der Waals surface area (Å²) in [5, 5.41) is 12.0. The van der Waals surface area contributed by atoms with Gasteiger partial charge >= 0.3 is 0 Å². The summed E-state index contributed by atoms with van der Waals surface area (Å²) >= 11 is 3.38. The lowest BCUT2D eigenvalue weighted by molar-refractivity contribution is 0.818. The quantitative estimate of drug-likeness (QED) is 0.191. The van der Waals surface area contributed by atoms with Crippen LogP contribution in [0, 0.1) is 13.8 Å². The Morgan fingerprint density at radius 1 is 1.07 bits per heavy atom. The molecule has 0 bridgehead atoms. The fourth-order valence-corrected chi connectivity index (χ4v) is 4.14. The van der Waals surface area contributed by atoms with Crippen LogP contribution in [-0.2, 0) is 6.54 Å². The highest BCUT2D eigenvalue weighted by atomic mass is 127. The number of halogens is 1. The molecule has 0 amide bonds. The molecule has 146 valence electrons. The summed E-state index contributed by atoms with van der Waals surface area (Å²) in [7, 11) is 0. The smallest absolute Gasteiger partial charge is 0.191 e. The van der Waals surface area contributed by atoms with Gasteiger partial charge in [-0.25, -0.2) is 15.0 Å². The molecule has 0 spiro atoms. The van der Waals surface area contributed by atoms with Crippen LogP contribution in [0.4, 0.5) is 5.13 Å². The maximum atomic E-state index is 4.62. The average molecular weight is 516 g/mol. The molecule has 6 nitrogen and oxygen atoms in total. The minimum Gasteiger partial charge on any atom is -0.360 e. The lowest BCUT2D eigenvalue weighted by Crippen LogP contribution is -2.39. The first-order valence-corrected chi connectivity index (χ1v) is 10.3. The van der Waals surface area contributed by atoms with Crippen LogP contribution < -0.4 is 16.0 Å². The Kier molecular flexibility index (Phi) is 8.71. The molecule has 0 aliphatic heterocycles. The highest BCUT2D eigenvalue weighted by Gasteiger charge is 2.04. The maximum Gasteiger partial charge on any atom is 0.191 e. The first kappa shape index (κ1) is 21.8. The molecular formula is C18H25IN6S2. The molecule has 0 fully saturated rings. The van der Waals surface area contributed by atoms with Crippen LogP contribution in [0.25, 0.3) is 10.2 Å². The topological polar surface area (TPSA) is 74.2 Å². The third kappa shape index (κ3) is 6.28. The van der Waals surface area contributed by atoms with Gasteiger partial charge in [0.1, 0.15) is 5.01 Å². The first-order chi connectivity index (χ1) is 12.7. The molecule has 1 aromatic carbocycles. The zero-order chi connectivity index (χ0) is 18.4. The van der Waals surface area contributed by atoms with Gasteiger partial charge in [0.2, 0.25) is 0 Å². The van der Waals surface area contributed by atoms with Gasteiger partial charge < -0.3 is 16.0 Å². The van der Waals surface area contributed by atoms with Crippen molar-refractivity contribution in [2.75, 3.05) is 25.0 Å². The number of guanidine groups is 1. The number of benzene rings is 1. The predicted octanol–water partition coefficient (Wildman–Crippen LogP) is 4.15. The molecule has 3 N–H and O–H groups in total. The SMILES string of the molecule is CCNC(=NCc1nc(C)c(C)s1)NCCNc1nc2ccccc2s1.I. The zero-order valence-electron chi connectivity index (χ0n) is 15.7. The molecule has 3 rings (SSSR count). The van der Waals surface area contributed by atoms with Crippen LogP contribution >= 0.6 is 46.7 Å². The van der Waals surface area contributed by atoms with Crippen LogP contribution in [0.3, 0.4) is 0 Å². The van der Waals surface area contributed by atoms with E-state index in [9.17, 15) is 0 Å². The third-order valence-electron chi connectivity index (χ3n) is 3.78. The van der Waals surface area contributed by atoms with Gasteiger partial charge in [-0.15, -0.1) is 35.3 Å². The third-order valence-corrected chi connectivity index (χ3v) is 5.83. The molecule has 3 aromatic rings. The van der Waals surface area contributed by atoms with Crippen molar-refractivity contribution >= 4 is 68.0 Å². The maximum absolute atomic E-state index is 4.62. The molecule has 9 heteroatoms. The Balaban J connectivity index is 0.00000261. The number of para-hydroxylation sites is 1. The van der Waals surface area contributed by atoms with E-state index in [4.69, 9.17) is 0 Å². The second-order valence-electron chi connectivity index (χ2n) is 5.78. The normalized spacial score (nSPS) is 11.3. The number of aliphatic imine (C=N–C) groups is 1. The number of nitrogens with one attached hydrogen (secondary N) is 3. The number of thiazole rings is 2. The number of fused-ring (bicyclic) bond motifs is 1. The average Bonchev–Trinajstić information content (AvgIpc) is 3.19. The zero-order valence-corrected chi connectivity index (χ0v) is 19.7. The summed E-state index contributed by atoms with van der Waals surface area (Å²) in [6, 6.07) is 8.18. The molecule has 27 heavy (non-hydrogen) atoms. The van der Waals surface area contributed by atoms with E-state index in [0.29, 0.717) is 6.54 Å². The first-order valence-electron chi connectivity index (χ1n) is 8.70. The van der Waals surface area contributed by atoms with Gasteiger partial charge in [0.15, 0.2) is 11.1 Å². The second kappa shape index (κ2) is 10.8. The van der Waals surface area contributed by atoms with E-state index in [-0.39, 0.29) is 24.0 Å². The lowest BCUT2D eigenvalue weighted by atomic mass is 10.3. The van der Waals surface area contributed by atoms with Crippen LogP contribution in [-0.4, -0.2) is 35.6 Å². The van der Waals surface area contributed by atoms with Crippen molar-refractivity contribution in [3.63, 3.8) is 0 Å². The number of rotatable bonds is 7. The molecule has 2 aromatic heterocycles. The van der Waals surface area contributed by atoms with Crippen LogP contribution in [0.15, 0.2) is 29.3 Å². The van der Waals surface area contributed by atoms with E-state index in [1.807, 2.05) is 25.1 Å². The van der Waals surface area contributed by atoms with Gasteiger partial charge in [0, 0.05) is 24.5 Å². The van der Waals surface area contributed by atoms with Crippen molar-refractivity contribution in [2.45, 2.75) is 27.3 Å². The molecule has 0 saturated carbocycles. The lowest BCUT2D eigenvalue weighted by Gasteiger charge is -2.11. The summed E-state index contributed by atoms with van der Waals surface area (Å²) in [6.07, 6.45) is 0. The Labute approximate surface area is 184 Å². The Morgan fingerprint density at radius 2 is 1.89 bits per heavy atom. The molecule has 0 unspecified atom stereocenters. The van der Waals surface area contributed by atoms with E-state index in [0.717, 1.165) is 46.9 Å². The van der Waals surface area contributed by atoms with Crippen LogP contribution in [0.1, 0.15) is 22.5 Å². The highest BCUT2D eigenvalue weighted by Crippen LogP contribution is 2.24. The Hall–Kier alpha value is -1.46. The van der Waals surface area contributed by atoms with E-state index >= 15 is 0 Å². The van der Waals surface area contributed by atoms with Crippen molar-refractivity contribution in [3.05, 3.63) is 39.8 Å². The summed E-state index contributed by atoms with van der Waals surface area (Å²) in [5.74, 6) is 0.809. The number of hydrogen-bond acceptors (Lipinski definition) is 6. The van der Waals surface area contributed by atoms with Crippen molar-refractivity contribution in [2.24, 2.45) is 4.99 Å². The monoisotopic (exact) mass is 516 g/mol. The number of nitrogens with zero attached hydrogens (tertiary/aromatic N) is 3. The summed E-state index contributed by atoms with van der Waals surface area (Å²) in [4.78, 5) is 15.0. The van der Waals surface area contributed by atoms with Crippen molar-refractivity contribution in [1.29, 1.82) is 0 Å². The number of anilines is 1. The van der Waals surface area contributed by atoms with Crippen molar-refractivity contribution in [3.8, 4) is 0 Å². The van der Waals surface area contributed by atoms with Crippen molar-refractivity contribution in [1.82, 2.24) is 20.6 Å². The molecule has 0 aliphatic carbocycles. The fraction of sp³-hybridized carbons (Fsp3) is 0.389. The van der Waals surface area contributed by atoms with Gasteiger partial charge in [-0.2, -0.15) is 0 Å². The van der Waals surface area contributed by atoms with Crippen molar-refractivity contribution < 1.29 is 0 Å². The van der Waals surface area contributed by atoms with E-state index in [1.165, 1.54) is 9.58 Å². The number of hydrogen-bond donors (Lipinski definition) is 3. The summed E-state index contributed by atoms with van der Waals surface area (Å²) in [6.45, 7) is 9.16. The number of aromatic nitrogens is 2. The van der Waals surface area contributed by atoms with E-state index in [2.05, 4.69) is 50.8 Å². The number of aryl methyl sites for hydroxylation is 2. The molecule has 0 aliphatic rings. The molecule has 2 heterocycles. The van der Waals surface area contributed by atoms with Gasteiger partial charge in [0.05, 0.1) is 22.5 Å². The summed E-state index contributed by atoms with van der Waals surface area (Å²) in [5.41, 5.74) is 2.13.